The molecule has 0 fully saturated rings. The molecule has 4 nitrogen and oxygen atoms in total. The normalized spacial score (nSPS) is 10.0. The minimum absolute atomic E-state index is 0.172. The van der Waals surface area contributed by atoms with E-state index in [1.54, 1.807) is 6.07 Å². The first-order valence-electron chi connectivity index (χ1n) is 4.09. The van der Waals surface area contributed by atoms with Gasteiger partial charge in [0.2, 0.25) is 0 Å². The Hall–Kier alpha value is -1.42. The van der Waals surface area contributed by atoms with Crippen LogP contribution in [0.3, 0.4) is 0 Å². The molecule has 0 spiro atoms. The van der Waals surface area contributed by atoms with Crippen molar-refractivity contribution in [3.05, 3.63) is 39.4 Å². The molecule has 1 rings (SSSR count). The second-order valence-corrected chi connectivity index (χ2v) is 2.87. The van der Waals surface area contributed by atoms with Gasteiger partial charge in [-0.2, -0.15) is 0 Å². The molecule has 0 aliphatic heterocycles. The first-order chi connectivity index (χ1) is 6.16. The van der Waals surface area contributed by atoms with Gasteiger partial charge in [-0.25, -0.2) is 0 Å². The zero-order valence-corrected chi connectivity index (χ0v) is 7.49. The zero-order valence-electron chi connectivity index (χ0n) is 7.49. The van der Waals surface area contributed by atoms with Gasteiger partial charge in [0.15, 0.2) is 0 Å². The number of benzene rings is 1. The van der Waals surface area contributed by atoms with Gasteiger partial charge in [-0.1, -0.05) is 12.1 Å². The molecule has 70 valence electrons. The van der Waals surface area contributed by atoms with Crippen LogP contribution in [0.4, 0.5) is 5.69 Å². The van der Waals surface area contributed by atoms with E-state index in [9.17, 15) is 10.1 Å². The van der Waals surface area contributed by atoms with Crippen LogP contribution in [0, 0.1) is 17.0 Å². The summed E-state index contributed by atoms with van der Waals surface area (Å²) in [6, 6.07) is 5.06. The molecule has 0 radical (unpaired) electrons. The number of nitro groups is 1. The van der Waals surface area contributed by atoms with Gasteiger partial charge < -0.3 is 5.73 Å². The van der Waals surface area contributed by atoms with Crippen molar-refractivity contribution < 1.29 is 4.92 Å². The Bertz CT molecular complexity index is 323. The summed E-state index contributed by atoms with van der Waals surface area (Å²) >= 11 is 0. The minimum Gasteiger partial charge on any atom is -0.330 e. The third-order valence-electron chi connectivity index (χ3n) is 1.98. The fourth-order valence-corrected chi connectivity index (χ4v) is 1.33. The molecule has 0 heterocycles. The Morgan fingerprint density at radius 2 is 2.23 bits per heavy atom. The summed E-state index contributed by atoms with van der Waals surface area (Å²) in [5, 5.41) is 10.6. The highest BCUT2D eigenvalue weighted by Crippen LogP contribution is 2.21. The van der Waals surface area contributed by atoms with Crippen LogP contribution in [0.1, 0.15) is 11.1 Å². The molecular formula is C9H12N2O2. The number of nitrogens with two attached hydrogens (primary N) is 1. The summed E-state index contributed by atoms with van der Waals surface area (Å²) in [6.45, 7) is 2.30. The van der Waals surface area contributed by atoms with Crippen molar-refractivity contribution in [1.29, 1.82) is 0 Å². The third kappa shape index (κ3) is 2.03. The lowest BCUT2D eigenvalue weighted by atomic mass is 10.0. The van der Waals surface area contributed by atoms with Crippen molar-refractivity contribution in [3.63, 3.8) is 0 Å². The van der Waals surface area contributed by atoms with Gasteiger partial charge in [-0.3, -0.25) is 10.1 Å². The summed E-state index contributed by atoms with van der Waals surface area (Å²) in [5.41, 5.74) is 7.22. The predicted octanol–water partition coefficient (Wildman–Crippen LogP) is 1.40. The summed E-state index contributed by atoms with van der Waals surface area (Å²) in [4.78, 5) is 10.3. The number of hydrogen-bond donors (Lipinski definition) is 1. The van der Waals surface area contributed by atoms with E-state index >= 15 is 0 Å². The van der Waals surface area contributed by atoms with Crippen molar-refractivity contribution in [3.8, 4) is 0 Å². The molecule has 0 saturated heterocycles. The molecular weight excluding hydrogens is 168 g/mol. The fourth-order valence-electron chi connectivity index (χ4n) is 1.33. The van der Waals surface area contributed by atoms with Crippen LogP contribution in [0.15, 0.2) is 18.2 Å². The SMILES string of the molecule is Cc1cccc([N+](=O)[O-])c1CCN. The van der Waals surface area contributed by atoms with E-state index in [0.717, 1.165) is 11.1 Å². The van der Waals surface area contributed by atoms with Crippen molar-refractivity contribution in [1.82, 2.24) is 0 Å². The van der Waals surface area contributed by atoms with Crippen LogP contribution in [-0.2, 0) is 6.42 Å². The van der Waals surface area contributed by atoms with E-state index in [-0.39, 0.29) is 10.6 Å². The summed E-state index contributed by atoms with van der Waals surface area (Å²) < 4.78 is 0. The maximum atomic E-state index is 10.6. The smallest absolute Gasteiger partial charge is 0.272 e. The molecule has 0 bridgehead atoms. The fraction of sp³-hybridized carbons (Fsp3) is 0.333. The standard InChI is InChI=1S/C9H12N2O2/c1-7-3-2-4-9(11(12)13)8(7)5-6-10/h2-4H,5-6,10H2,1H3. The molecule has 0 aliphatic rings. The van der Waals surface area contributed by atoms with Crippen molar-refractivity contribution >= 4 is 5.69 Å². The third-order valence-corrected chi connectivity index (χ3v) is 1.98. The van der Waals surface area contributed by atoms with E-state index in [2.05, 4.69) is 0 Å². The number of nitrogens with zero attached hydrogens (tertiary/aromatic N) is 1. The zero-order chi connectivity index (χ0) is 9.84. The molecule has 1 aromatic carbocycles. The lowest BCUT2D eigenvalue weighted by molar-refractivity contribution is -0.385. The predicted molar refractivity (Wildman–Crippen MR) is 50.6 cm³/mol. The molecule has 0 unspecified atom stereocenters. The van der Waals surface area contributed by atoms with Crippen LogP contribution < -0.4 is 5.73 Å². The average Bonchev–Trinajstić information content (AvgIpc) is 2.08. The second-order valence-electron chi connectivity index (χ2n) is 2.87. The van der Waals surface area contributed by atoms with Gasteiger partial charge in [0, 0.05) is 11.6 Å². The highest BCUT2D eigenvalue weighted by molar-refractivity contribution is 5.45. The molecule has 0 aliphatic carbocycles. The lowest BCUT2D eigenvalue weighted by Gasteiger charge is -2.04. The molecule has 0 atom stereocenters. The molecule has 13 heavy (non-hydrogen) atoms. The summed E-state index contributed by atoms with van der Waals surface area (Å²) in [6.07, 6.45) is 0.559. The first-order valence-corrected chi connectivity index (χ1v) is 4.09. The largest absolute Gasteiger partial charge is 0.330 e. The van der Waals surface area contributed by atoms with E-state index < -0.39 is 0 Å². The number of rotatable bonds is 3. The Morgan fingerprint density at radius 3 is 2.77 bits per heavy atom. The van der Waals surface area contributed by atoms with Crippen LogP contribution in [0.25, 0.3) is 0 Å². The highest BCUT2D eigenvalue weighted by Gasteiger charge is 2.13. The van der Waals surface area contributed by atoms with Crippen LogP contribution in [0.2, 0.25) is 0 Å². The van der Waals surface area contributed by atoms with Crippen molar-refractivity contribution in [2.75, 3.05) is 6.54 Å². The topological polar surface area (TPSA) is 69.2 Å². The van der Waals surface area contributed by atoms with Crippen LogP contribution in [-0.4, -0.2) is 11.5 Å². The molecule has 2 N–H and O–H groups in total. The second kappa shape index (κ2) is 4.00. The Morgan fingerprint density at radius 1 is 1.54 bits per heavy atom. The Kier molecular flexibility index (Phi) is 2.97. The first kappa shape index (κ1) is 9.67. The highest BCUT2D eigenvalue weighted by atomic mass is 16.6. The maximum absolute atomic E-state index is 10.6. The molecule has 1 aromatic rings. The molecule has 0 aromatic heterocycles. The van der Waals surface area contributed by atoms with Gasteiger partial charge in [0.25, 0.3) is 5.69 Å². The van der Waals surface area contributed by atoms with Crippen molar-refractivity contribution in [2.45, 2.75) is 13.3 Å². The molecule has 0 amide bonds. The number of aryl methyl sites for hydroxylation is 1. The monoisotopic (exact) mass is 180 g/mol. The lowest BCUT2D eigenvalue weighted by Crippen LogP contribution is -2.06. The van der Waals surface area contributed by atoms with E-state index in [4.69, 9.17) is 5.73 Å². The molecule has 4 heteroatoms. The minimum atomic E-state index is -0.363. The van der Waals surface area contributed by atoms with Gasteiger partial charge >= 0.3 is 0 Å². The number of hydrogen-bond acceptors (Lipinski definition) is 3. The van der Waals surface area contributed by atoms with E-state index in [0.29, 0.717) is 13.0 Å². The summed E-state index contributed by atoms with van der Waals surface area (Å²) in [5.74, 6) is 0. The van der Waals surface area contributed by atoms with Crippen molar-refractivity contribution in [2.24, 2.45) is 5.73 Å². The van der Waals surface area contributed by atoms with E-state index in [1.165, 1.54) is 6.07 Å². The Balaban J connectivity index is 3.17. The van der Waals surface area contributed by atoms with E-state index in [1.807, 2.05) is 13.0 Å². The maximum Gasteiger partial charge on any atom is 0.272 e. The van der Waals surface area contributed by atoms with Gasteiger partial charge in [-0.05, 0) is 25.5 Å². The molecule has 0 saturated carbocycles. The number of nitro benzene ring substituents is 1. The quantitative estimate of drug-likeness (QED) is 0.564. The van der Waals surface area contributed by atoms with Crippen LogP contribution in [0.5, 0.6) is 0 Å². The average molecular weight is 180 g/mol. The van der Waals surface area contributed by atoms with Gasteiger partial charge in [0.05, 0.1) is 4.92 Å². The van der Waals surface area contributed by atoms with Crippen LogP contribution >= 0.6 is 0 Å². The van der Waals surface area contributed by atoms with Gasteiger partial charge in [0.1, 0.15) is 0 Å². The van der Waals surface area contributed by atoms with Gasteiger partial charge in [-0.15, -0.1) is 0 Å². The summed E-state index contributed by atoms with van der Waals surface area (Å²) in [7, 11) is 0. The Labute approximate surface area is 76.5 Å².